The lowest BCUT2D eigenvalue weighted by atomic mass is 9.96. The normalized spacial score (nSPS) is 14.4. The third kappa shape index (κ3) is 9.83. The van der Waals surface area contributed by atoms with Crippen molar-refractivity contribution in [2.45, 2.75) is 64.8 Å². The Bertz CT molecular complexity index is 1090. The number of likely N-dealkylation sites (N-methyl/N-ethyl adjacent to an activating group) is 1. The molecule has 0 saturated carbocycles. The third-order valence-corrected chi connectivity index (χ3v) is 6.37. The number of nitrogens with zero attached hydrogens (tertiary/aromatic N) is 1. The van der Waals surface area contributed by atoms with Gasteiger partial charge in [0, 0.05) is 5.56 Å². The second kappa shape index (κ2) is 15.0. The highest BCUT2D eigenvalue weighted by molar-refractivity contribution is 5.92. The number of aliphatic carboxylic acids is 1. The van der Waals surface area contributed by atoms with Gasteiger partial charge in [0.25, 0.3) is 0 Å². The van der Waals surface area contributed by atoms with Crippen LogP contribution in [0.5, 0.6) is 5.75 Å². The lowest BCUT2D eigenvalue weighted by Crippen LogP contribution is -2.61. The Kier molecular flexibility index (Phi) is 12.1. The van der Waals surface area contributed by atoms with E-state index < -0.39 is 36.1 Å². The minimum absolute atomic E-state index is 0.0249. The van der Waals surface area contributed by atoms with Crippen LogP contribution in [-0.2, 0) is 20.8 Å². The molecular formula is C30H41N3O6. The fourth-order valence-corrected chi connectivity index (χ4v) is 4.22. The Morgan fingerprint density at radius 1 is 0.923 bits per heavy atom. The quantitative estimate of drug-likeness (QED) is 0.297. The van der Waals surface area contributed by atoms with Gasteiger partial charge < -0.3 is 20.5 Å². The standard InChI is InChI=1S/C30H41N3O6/c1-19(2)16-24(30(37)38)31-29(36)26(27(20(3)4)39-23-14-12-22(18-34)13-15-23)32-28(35)25(33(5)6)17-21-10-8-7-9-11-21/h7-15,18-20,24-27H,16-17H2,1-6H3,(H,31,36)(H,32,35)(H,37,38)/t24-,25-,26-,27-/m0/s1. The molecule has 0 radical (unpaired) electrons. The van der Waals surface area contributed by atoms with Crippen molar-refractivity contribution in [1.29, 1.82) is 0 Å². The molecule has 2 amide bonds. The number of hydrogen-bond acceptors (Lipinski definition) is 6. The number of nitrogens with one attached hydrogen (secondary N) is 2. The molecule has 9 heteroatoms. The van der Waals surface area contributed by atoms with Gasteiger partial charge in [-0.25, -0.2) is 4.79 Å². The Morgan fingerprint density at radius 2 is 1.54 bits per heavy atom. The first kappa shape index (κ1) is 31.5. The van der Waals surface area contributed by atoms with E-state index in [9.17, 15) is 24.3 Å². The molecule has 0 aliphatic rings. The number of aldehydes is 1. The summed E-state index contributed by atoms with van der Waals surface area (Å²) in [6, 6.07) is 13.1. The molecule has 0 aromatic heterocycles. The number of benzene rings is 2. The van der Waals surface area contributed by atoms with E-state index in [0.717, 1.165) is 11.8 Å². The van der Waals surface area contributed by atoms with Crippen LogP contribution in [0, 0.1) is 11.8 Å². The summed E-state index contributed by atoms with van der Waals surface area (Å²) in [7, 11) is 3.58. The van der Waals surface area contributed by atoms with Crippen molar-refractivity contribution in [1.82, 2.24) is 15.5 Å². The van der Waals surface area contributed by atoms with Gasteiger partial charge in [-0.15, -0.1) is 0 Å². The summed E-state index contributed by atoms with van der Waals surface area (Å²) >= 11 is 0. The predicted molar refractivity (Wildman–Crippen MR) is 150 cm³/mol. The van der Waals surface area contributed by atoms with Crippen LogP contribution >= 0.6 is 0 Å². The highest BCUT2D eigenvalue weighted by atomic mass is 16.5. The number of carboxylic acids is 1. The van der Waals surface area contributed by atoms with Gasteiger partial charge in [0.1, 0.15) is 30.2 Å². The zero-order chi connectivity index (χ0) is 29.1. The summed E-state index contributed by atoms with van der Waals surface area (Å²) in [5.41, 5.74) is 1.43. The lowest BCUT2D eigenvalue weighted by Gasteiger charge is -2.33. The topological polar surface area (TPSA) is 125 Å². The number of hydrogen-bond donors (Lipinski definition) is 3. The van der Waals surface area contributed by atoms with E-state index >= 15 is 0 Å². The highest BCUT2D eigenvalue weighted by Crippen LogP contribution is 2.20. The molecule has 4 atom stereocenters. The van der Waals surface area contributed by atoms with Crippen LogP contribution in [0.1, 0.15) is 50.0 Å². The van der Waals surface area contributed by atoms with E-state index in [1.807, 2.05) is 58.0 Å². The molecule has 9 nitrogen and oxygen atoms in total. The number of carbonyl (C=O) groups is 4. The second-order valence-corrected chi connectivity index (χ2v) is 10.7. The average molecular weight is 540 g/mol. The van der Waals surface area contributed by atoms with Crippen LogP contribution < -0.4 is 15.4 Å². The second-order valence-electron chi connectivity index (χ2n) is 10.7. The maximum atomic E-state index is 13.6. The van der Waals surface area contributed by atoms with Crippen LogP contribution in [0.2, 0.25) is 0 Å². The van der Waals surface area contributed by atoms with Gasteiger partial charge in [0.15, 0.2) is 0 Å². The monoisotopic (exact) mass is 539 g/mol. The fraction of sp³-hybridized carbons (Fsp3) is 0.467. The molecular weight excluding hydrogens is 498 g/mol. The molecule has 0 saturated heterocycles. The van der Waals surface area contributed by atoms with E-state index in [1.54, 1.807) is 43.3 Å². The van der Waals surface area contributed by atoms with Crippen LogP contribution in [0.25, 0.3) is 0 Å². The van der Waals surface area contributed by atoms with Crippen molar-refractivity contribution in [2.75, 3.05) is 14.1 Å². The van der Waals surface area contributed by atoms with Gasteiger partial charge in [-0.2, -0.15) is 0 Å². The largest absolute Gasteiger partial charge is 0.487 e. The van der Waals surface area contributed by atoms with Crippen molar-refractivity contribution in [3.8, 4) is 5.75 Å². The molecule has 0 unspecified atom stereocenters. The van der Waals surface area contributed by atoms with Crippen molar-refractivity contribution in [3.63, 3.8) is 0 Å². The molecule has 3 N–H and O–H groups in total. The zero-order valence-electron chi connectivity index (χ0n) is 23.6. The number of carboxylic acid groups (broad SMARTS) is 1. The van der Waals surface area contributed by atoms with Gasteiger partial charge in [0.2, 0.25) is 11.8 Å². The van der Waals surface area contributed by atoms with E-state index in [4.69, 9.17) is 4.74 Å². The molecule has 0 aliphatic carbocycles. The molecule has 2 aromatic rings. The van der Waals surface area contributed by atoms with Gasteiger partial charge in [-0.05, 0) is 68.6 Å². The van der Waals surface area contributed by atoms with E-state index in [1.165, 1.54) is 0 Å². The summed E-state index contributed by atoms with van der Waals surface area (Å²) in [6.07, 6.45) is 0.536. The molecule has 0 aliphatic heterocycles. The van der Waals surface area contributed by atoms with E-state index in [0.29, 0.717) is 17.7 Å². The Balaban J connectivity index is 2.41. The molecule has 0 bridgehead atoms. The number of ether oxygens (including phenoxy) is 1. The first-order valence-electron chi connectivity index (χ1n) is 13.2. The van der Waals surface area contributed by atoms with Gasteiger partial charge in [0.05, 0.1) is 6.04 Å². The number of amides is 2. The lowest BCUT2D eigenvalue weighted by molar-refractivity contribution is -0.143. The first-order chi connectivity index (χ1) is 18.4. The van der Waals surface area contributed by atoms with Crippen LogP contribution in [0.15, 0.2) is 54.6 Å². The SMILES string of the molecule is CC(C)C[C@H](NC(=O)[C@@H](NC(=O)[C@H](Cc1ccccc1)N(C)C)[C@@H](Oc1ccc(C=O)cc1)C(C)C)C(=O)O. The molecule has 39 heavy (non-hydrogen) atoms. The number of rotatable bonds is 15. The molecule has 0 heterocycles. The van der Waals surface area contributed by atoms with Gasteiger partial charge in [-0.1, -0.05) is 58.0 Å². The van der Waals surface area contributed by atoms with Crippen molar-refractivity contribution in [3.05, 3.63) is 65.7 Å². The predicted octanol–water partition coefficient (Wildman–Crippen LogP) is 3.18. The van der Waals surface area contributed by atoms with Gasteiger partial charge >= 0.3 is 5.97 Å². The minimum Gasteiger partial charge on any atom is -0.487 e. The van der Waals surface area contributed by atoms with Crippen molar-refractivity contribution in [2.24, 2.45) is 11.8 Å². The number of carbonyl (C=O) groups excluding carboxylic acids is 3. The van der Waals surface area contributed by atoms with Gasteiger partial charge in [-0.3, -0.25) is 19.3 Å². The summed E-state index contributed by atoms with van der Waals surface area (Å²) in [6.45, 7) is 7.45. The first-order valence-corrected chi connectivity index (χ1v) is 13.2. The Labute approximate surface area is 230 Å². The fourth-order valence-electron chi connectivity index (χ4n) is 4.22. The van der Waals surface area contributed by atoms with Crippen LogP contribution in [-0.4, -0.2) is 72.4 Å². The zero-order valence-corrected chi connectivity index (χ0v) is 23.6. The van der Waals surface area contributed by atoms with Crippen molar-refractivity contribution < 1.29 is 29.0 Å². The molecule has 0 fully saturated rings. The highest BCUT2D eigenvalue weighted by Gasteiger charge is 2.37. The molecule has 212 valence electrons. The maximum Gasteiger partial charge on any atom is 0.326 e. The van der Waals surface area contributed by atoms with Crippen molar-refractivity contribution >= 4 is 24.1 Å². The van der Waals surface area contributed by atoms with Crippen LogP contribution in [0.3, 0.4) is 0 Å². The third-order valence-electron chi connectivity index (χ3n) is 6.37. The molecule has 0 spiro atoms. The van der Waals surface area contributed by atoms with E-state index in [2.05, 4.69) is 10.6 Å². The summed E-state index contributed by atoms with van der Waals surface area (Å²) in [4.78, 5) is 52.0. The Morgan fingerprint density at radius 3 is 2.03 bits per heavy atom. The molecule has 2 aromatic carbocycles. The van der Waals surface area contributed by atoms with E-state index in [-0.39, 0.29) is 24.2 Å². The van der Waals surface area contributed by atoms with Crippen LogP contribution in [0.4, 0.5) is 0 Å². The maximum absolute atomic E-state index is 13.6. The average Bonchev–Trinajstić information content (AvgIpc) is 2.88. The molecule has 2 rings (SSSR count). The summed E-state index contributed by atoms with van der Waals surface area (Å²) in [5, 5.41) is 15.2. The summed E-state index contributed by atoms with van der Waals surface area (Å²) < 4.78 is 6.19. The Hall–Kier alpha value is -3.72. The smallest absolute Gasteiger partial charge is 0.326 e. The minimum atomic E-state index is -1.18. The summed E-state index contributed by atoms with van der Waals surface area (Å²) in [5.74, 6) is -1.98.